The van der Waals surface area contributed by atoms with Gasteiger partial charge in [0.15, 0.2) is 0 Å². The summed E-state index contributed by atoms with van der Waals surface area (Å²) in [5.74, 6) is 0. The quantitative estimate of drug-likeness (QED) is 0.678. The molecule has 0 atom stereocenters. The van der Waals surface area contributed by atoms with Crippen LogP contribution in [-0.2, 0) is 0 Å². The molecule has 2 rings (SSSR count). The molecule has 2 amide bonds. The number of nitrogens with one attached hydrogen (secondary N) is 1. The Morgan fingerprint density at radius 1 is 1.29 bits per heavy atom. The average Bonchev–Trinajstić information content (AvgIpc) is 2.08. The van der Waals surface area contributed by atoms with Crippen LogP contribution in [0.5, 0.6) is 0 Å². The molecule has 4 nitrogen and oxygen atoms in total. The Kier molecular flexibility index (Phi) is 5.33. The molecule has 4 heteroatoms. The third-order valence-corrected chi connectivity index (χ3v) is 1.77. The lowest BCUT2D eigenvalue weighted by Crippen LogP contribution is -2.29. The van der Waals surface area contributed by atoms with E-state index in [0.717, 1.165) is 6.42 Å². The predicted octanol–water partition coefficient (Wildman–Crippen LogP) is 1.51. The molecule has 0 bridgehead atoms. The highest BCUT2D eigenvalue weighted by atomic mass is 16.2. The van der Waals surface area contributed by atoms with Crippen molar-refractivity contribution in [3.8, 4) is 0 Å². The highest BCUT2D eigenvalue weighted by Gasteiger charge is 1.88. The zero-order chi connectivity index (χ0) is 9.68. The van der Waals surface area contributed by atoms with Gasteiger partial charge in [0.2, 0.25) is 0 Å². The largest absolute Gasteiger partial charge is 0.352 e. The fourth-order valence-electron chi connectivity index (χ4n) is 0.911. The van der Waals surface area contributed by atoms with E-state index in [1.165, 1.54) is 10.4 Å². The van der Waals surface area contributed by atoms with Crippen LogP contribution in [0.1, 0.15) is 13.3 Å². The van der Waals surface area contributed by atoms with Crippen molar-refractivity contribution in [3.63, 3.8) is 0 Å². The molecule has 14 heavy (non-hydrogen) atoms. The van der Waals surface area contributed by atoms with Crippen LogP contribution in [-0.4, -0.2) is 12.6 Å². The van der Waals surface area contributed by atoms with Crippen LogP contribution in [0.4, 0.5) is 4.79 Å². The fraction of sp³-hybridized carbons (Fsp3) is 0.300. The van der Waals surface area contributed by atoms with Gasteiger partial charge in [-0.1, -0.05) is 31.2 Å². The summed E-state index contributed by atoms with van der Waals surface area (Å²) in [7, 11) is 0. The van der Waals surface area contributed by atoms with Gasteiger partial charge in [-0.3, -0.25) is 0 Å². The molecular weight excluding hydrogens is 178 g/mol. The Bertz CT molecular complexity index is 325. The zero-order valence-electron chi connectivity index (χ0n) is 8.42. The molecule has 0 aromatic carbocycles. The first-order valence-electron chi connectivity index (χ1n) is 4.37. The first-order valence-corrected chi connectivity index (χ1v) is 4.37. The van der Waals surface area contributed by atoms with Crippen LogP contribution < -0.4 is 17.2 Å². The Labute approximate surface area is 83.4 Å². The summed E-state index contributed by atoms with van der Waals surface area (Å²) in [6.45, 7) is 2.64. The normalized spacial score (nSPS) is 8.93. The molecule has 0 aromatic rings. The van der Waals surface area contributed by atoms with Crippen LogP contribution in [0.2, 0.25) is 0 Å². The number of carbonyl (C=O) groups excluding carboxylic acids is 1. The highest BCUT2D eigenvalue weighted by Crippen LogP contribution is 2.04. The molecule has 0 aromatic heterocycles. The molecule has 2 aliphatic rings. The third-order valence-electron chi connectivity index (χ3n) is 1.77. The second kappa shape index (κ2) is 5.99. The van der Waals surface area contributed by atoms with Crippen molar-refractivity contribution in [1.82, 2.24) is 11.5 Å². The molecule has 0 aliphatic heterocycles. The second-order valence-electron chi connectivity index (χ2n) is 2.87. The molecular formula is C10H17N3O. The van der Waals surface area contributed by atoms with Gasteiger partial charge in [-0.15, -0.1) is 0 Å². The van der Waals surface area contributed by atoms with Gasteiger partial charge in [0.05, 0.1) is 0 Å². The number of benzene rings is 1. The van der Waals surface area contributed by atoms with Crippen molar-refractivity contribution in [2.75, 3.05) is 6.54 Å². The maximum atomic E-state index is 9.87. The monoisotopic (exact) mass is 195 g/mol. The van der Waals surface area contributed by atoms with Gasteiger partial charge >= 0.3 is 6.03 Å². The van der Waals surface area contributed by atoms with Crippen molar-refractivity contribution in [2.45, 2.75) is 13.3 Å². The van der Waals surface area contributed by atoms with E-state index >= 15 is 0 Å². The molecule has 0 unspecified atom stereocenters. The van der Waals surface area contributed by atoms with E-state index < -0.39 is 6.03 Å². The molecule has 78 valence electrons. The van der Waals surface area contributed by atoms with Gasteiger partial charge in [-0.2, -0.15) is 0 Å². The first kappa shape index (κ1) is 12.4. The van der Waals surface area contributed by atoms with Gasteiger partial charge < -0.3 is 17.2 Å². The standard InChI is InChI=1S/C6H4.C4H10N2O.H3N/c1-2-6-4-3-5(1)6;1-2-3-6-4(5)7;/h1-4H;2-3H2,1H3,(H3,5,6,7);1H3. The van der Waals surface area contributed by atoms with Crippen molar-refractivity contribution < 1.29 is 4.79 Å². The number of rotatable bonds is 2. The van der Waals surface area contributed by atoms with Gasteiger partial charge in [0, 0.05) is 6.54 Å². The summed E-state index contributed by atoms with van der Waals surface area (Å²) >= 11 is 0. The number of primary amides is 1. The van der Waals surface area contributed by atoms with Gasteiger partial charge in [0.25, 0.3) is 0 Å². The minimum absolute atomic E-state index is 0. The van der Waals surface area contributed by atoms with E-state index in [9.17, 15) is 4.79 Å². The lowest BCUT2D eigenvalue weighted by Gasteiger charge is -1.95. The van der Waals surface area contributed by atoms with Gasteiger partial charge in [-0.25, -0.2) is 4.79 Å². The number of carbonyl (C=O) groups is 1. The third kappa shape index (κ3) is 3.45. The zero-order valence-corrected chi connectivity index (χ0v) is 8.42. The van der Waals surface area contributed by atoms with Crippen LogP contribution in [0.15, 0.2) is 24.3 Å². The van der Waals surface area contributed by atoms with E-state index in [2.05, 4.69) is 29.6 Å². The van der Waals surface area contributed by atoms with Crippen LogP contribution >= 0.6 is 0 Å². The van der Waals surface area contributed by atoms with Crippen molar-refractivity contribution in [3.05, 3.63) is 34.7 Å². The lowest BCUT2D eigenvalue weighted by molar-refractivity contribution is 0.249. The predicted molar refractivity (Wildman–Crippen MR) is 57.0 cm³/mol. The molecule has 6 N–H and O–H groups in total. The number of hydrogen-bond donors (Lipinski definition) is 3. The van der Waals surface area contributed by atoms with E-state index in [4.69, 9.17) is 5.73 Å². The summed E-state index contributed by atoms with van der Waals surface area (Å²) in [6, 6.07) is 8.04. The van der Waals surface area contributed by atoms with E-state index in [0.29, 0.717) is 6.54 Å². The molecule has 2 aliphatic carbocycles. The fourth-order valence-corrected chi connectivity index (χ4v) is 0.911. The maximum absolute atomic E-state index is 9.87. The van der Waals surface area contributed by atoms with Crippen molar-refractivity contribution >= 4 is 6.03 Å². The Hall–Kier alpha value is -1.55. The van der Waals surface area contributed by atoms with Crippen molar-refractivity contribution in [2.24, 2.45) is 5.73 Å². The van der Waals surface area contributed by atoms with Gasteiger partial charge in [-0.05, 0) is 16.9 Å². The number of nitrogens with two attached hydrogens (primary N) is 1. The lowest BCUT2D eigenvalue weighted by atomic mass is 10.1. The molecule has 0 fully saturated rings. The van der Waals surface area contributed by atoms with E-state index in [-0.39, 0.29) is 6.15 Å². The summed E-state index contributed by atoms with van der Waals surface area (Å²) in [5.41, 5.74) is 4.73. The Morgan fingerprint density at radius 2 is 1.71 bits per heavy atom. The molecule has 0 radical (unpaired) electrons. The SMILES string of the molecule is CCCNC(N)=O.N.c1cc2ccc1=2. The minimum Gasteiger partial charge on any atom is -0.352 e. The van der Waals surface area contributed by atoms with Crippen LogP contribution in [0.3, 0.4) is 0 Å². The van der Waals surface area contributed by atoms with Crippen molar-refractivity contribution in [1.29, 1.82) is 0 Å². The average molecular weight is 195 g/mol. The first-order chi connectivity index (χ1) is 6.24. The van der Waals surface area contributed by atoms with E-state index in [1.807, 2.05) is 6.92 Å². The summed E-state index contributed by atoms with van der Waals surface area (Å²) in [5, 5.41) is 5.29. The Balaban J connectivity index is 0.000000225. The summed E-state index contributed by atoms with van der Waals surface area (Å²) < 4.78 is 0. The van der Waals surface area contributed by atoms with Gasteiger partial charge in [0.1, 0.15) is 0 Å². The number of hydrogen-bond acceptors (Lipinski definition) is 2. The Morgan fingerprint density at radius 3 is 1.79 bits per heavy atom. The summed E-state index contributed by atoms with van der Waals surface area (Å²) in [4.78, 5) is 9.87. The minimum atomic E-state index is -0.443. The number of urea groups is 1. The maximum Gasteiger partial charge on any atom is 0.312 e. The molecule has 0 heterocycles. The van der Waals surface area contributed by atoms with Crippen LogP contribution in [0.25, 0.3) is 0 Å². The van der Waals surface area contributed by atoms with E-state index in [1.54, 1.807) is 0 Å². The molecule has 0 saturated carbocycles. The highest BCUT2D eigenvalue weighted by molar-refractivity contribution is 5.71. The molecule has 0 saturated heterocycles. The topological polar surface area (TPSA) is 90.1 Å². The summed E-state index contributed by atoms with van der Waals surface area (Å²) in [6.07, 6.45) is 0.933. The van der Waals surface area contributed by atoms with Crippen LogP contribution in [0, 0.1) is 10.4 Å². The molecule has 0 spiro atoms. The second-order valence-corrected chi connectivity index (χ2v) is 2.87. The number of amides is 2. The smallest absolute Gasteiger partial charge is 0.312 e.